The Morgan fingerprint density at radius 3 is 2.36 bits per heavy atom. The summed E-state index contributed by atoms with van der Waals surface area (Å²) in [6.45, 7) is 4.29. The van der Waals surface area contributed by atoms with Crippen molar-refractivity contribution in [1.29, 1.82) is 0 Å². The minimum atomic E-state index is -1.30. The van der Waals surface area contributed by atoms with Crippen LogP contribution >= 0.6 is 47.1 Å². The molecule has 0 unspecified atom stereocenters. The summed E-state index contributed by atoms with van der Waals surface area (Å²) in [7, 11) is 0. The largest absolute Gasteiger partial charge is 0.480 e. The zero-order valence-corrected chi connectivity index (χ0v) is 26.7. The normalized spacial score (nSPS) is 18.4. The Balaban J connectivity index is 1.70. The van der Waals surface area contributed by atoms with Gasteiger partial charge in [-0.15, -0.1) is 11.3 Å². The molecule has 1 saturated heterocycles. The van der Waals surface area contributed by atoms with Crippen LogP contribution in [0.3, 0.4) is 0 Å². The number of hydrogen-bond donors (Lipinski definition) is 2. The summed E-state index contributed by atoms with van der Waals surface area (Å²) in [5, 5.41) is 19.4. The molecule has 44 heavy (non-hydrogen) atoms. The van der Waals surface area contributed by atoms with Crippen molar-refractivity contribution in [1.82, 2.24) is 9.47 Å². The highest BCUT2D eigenvalue weighted by Gasteiger charge is 2.36. The van der Waals surface area contributed by atoms with Crippen LogP contribution in [-0.4, -0.2) is 74.3 Å². The monoisotopic (exact) mass is 679 g/mol. The second-order valence-corrected chi connectivity index (χ2v) is 13.5. The Labute approximate surface area is 267 Å². The maximum absolute atomic E-state index is 13.7. The van der Waals surface area contributed by atoms with Crippen molar-refractivity contribution < 1.29 is 43.6 Å². The Morgan fingerprint density at radius 2 is 1.73 bits per heavy atom. The molecule has 1 aromatic carbocycles. The number of ether oxygens (including phenoxy) is 3. The third-order valence-electron chi connectivity index (χ3n) is 6.48. The smallest absolute Gasteiger partial charge is 0.325 e. The number of esters is 1. The Kier molecular flexibility index (Phi) is 9.10. The topological polar surface area (TPSA) is 165 Å². The lowest BCUT2D eigenvalue weighted by Crippen LogP contribution is -2.37. The first-order chi connectivity index (χ1) is 20.9. The fraction of sp³-hybridized carbons (Fsp3) is 0.333. The highest BCUT2D eigenvalue weighted by molar-refractivity contribution is 8.30. The second kappa shape index (κ2) is 12.7. The molecule has 3 aliphatic rings. The number of anilines is 1. The van der Waals surface area contributed by atoms with E-state index in [1.807, 2.05) is 19.9 Å². The molecule has 0 spiro atoms. The second-order valence-electron chi connectivity index (χ2n) is 9.76. The highest BCUT2D eigenvalue weighted by atomic mass is 32.2. The molecule has 0 bridgehead atoms. The number of thiocarbonyl (C=S) groups is 1. The number of nitrogens with zero attached hydrogens (tertiary/aromatic N) is 3. The summed E-state index contributed by atoms with van der Waals surface area (Å²) in [6, 6.07) is 3.60. The number of rotatable bonds is 9. The van der Waals surface area contributed by atoms with Crippen molar-refractivity contribution in [3.63, 3.8) is 0 Å². The number of carboxylic acid groups (broad SMARTS) is 2. The van der Waals surface area contributed by atoms with E-state index in [2.05, 4.69) is 0 Å². The van der Waals surface area contributed by atoms with Crippen LogP contribution in [0.2, 0.25) is 0 Å². The van der Waals surface area contributed by atoms with E-state index in [4.69, 9.17) is 26.4 Å². The van der Waals surface area contributed by atoms with Gasteiger partial charge in [-0.3, -0.25) is 33.4 Å². The molecule has 0 radical (unpaired) electrons. The number of carbonyl (C=O) groups excluding carboxylic acids is 2. The van der Waals surface area contributed by atoms with E-state index >= 15 is 0 Å². The molecule has 0 atom stereocenters. The average Bonchev–Trinajstić information content (AvgIpc) is 3.68. The van der Waals surface area contributed by atoms with Gasteiger partial charge in [0.15, 0.2) is 11.5 Å². The van der Waals surface area contributed by atoms with E-state index in [0.717, 1.165) is 37.5 Å². The third kappa shape index (κ3) is 6.09. The average molecular weight is 680 g/mol. The molecule has 17 heteroatoms. The molecule has 1 fully saturated rings. The van der Waals surface area contributed by atoms with Crippen LogP contribution in [0.15, 0.2) is 32.4 Å². The van der Waals surface area contributed by atoms with E-state index in [-0.39, 0.29) is 44.3 Å². The van der Waals surface area contributed by atoms with E-state index < -0.39 is 42.5 Å². The SMILES string of the molecule is CCOC(=O)CN1/C(=C(\C=c2\s/c(=C3\SC(=S)N(CC(=O)O)C3=O)n(CC(=O)O)c2=O)C(C)C)Sc2cc3c(cc21)OCO3. The summed E-state index contributed by atoms with van der Waals surface area (Å²) in [5.74, 6) is -2.85. The Bertz CT molecular complexity index is 1830. The van der Waals surface area contributed by atoms with Crippen LogP contribution in [0.1, 0.15) is 20.8 Å². The zero-order valence-electron chi connectivity index (χ0n) is 23.5. The van der Waals surface area contributed by atoms with Gasteiger partial charge < -0.3 is 29.3 Å². The minimum absolute atomic E-state index is 0.0137. The number of aliphatic carboxylic acids is 2. The summed E-state index contributed by atoms with van der Waals surface area (Å²) in [4.78, 5) is 65.9. The number of aromatic nitrogens is 1. The number of carboxylic acids is 2. The molecular formula is C27H25N3O10S4. The molecular weight excluding hydrogens is 655 g/mol. The molecule has 5 rings (SSSR count). The van der Waals surface area contributed by atoms with Gasteiger partial charge in [0.2, 0.25) is 6.79 Å². The number of hydrogen-bond acceptors (Lipinski definition) is 13. The molecule has 2 aromatic rings. The van der Waals surface area contributed by atoms with Gasteiger partial charge in [0.25, 0.3) is 11.5 Å². The van der Waals surface area contributed by atoms with Crippen LogP contribution in [0.5, 0.6) is 11.5 Å². The first-order valence-electron chi connectivity index (χ1n) is 13.1. The van der Waals surface area contributed by atoms with E-state index in [1.54, 1.807) is 24.0 Å². The molecule has 3 aliphatic heterocycles. The fourth-order valence-electron chi connectivity index (χ4n) is 4.56. The maximum atomic E-state index is 13.7. The van der Waals surface area contributed by atoms with E-state index in [9.17, 15) is 34.2 Å². The summed E-state index contributed by atoms with van der Waals surface area (Å²) in [6.07, 6.45) is 1.63. The fourth-order valence-corrected chi connectivity index (χ4v) is 8.40. The van der Waals surface area contributed by atoms with Crippen LogP contribution in [0, 0.1) is 5.92 Å². The molecule has 2 N–H and O–H groups in total. The maximum Gasteiger partial charge on any atom is 0.325 e. The van der Waals surface area contributed by atoms with Gasteiger partial charge >= 0.3 is 17.9 Å². The number of amides is 1. The van der Waals surface area contributed by atoms with Gasteiger partial charge in [-0.2, -0.15) is 0 Å². The van der Waals surface area contributed by atoms with Gasteiger partial charge in [-0.1, -0.05) is 49.6 Å². The van der Waals surface area contributed by atoms with E-state index in [0.29, 0.717) is 27.8 Å². The van der Waals surface area contributed by atoms with Crippen molar-refractivity contribution in [3.8, 4) is 11.5 Å². The zero-order chi connectivity index (χ0) is 31.9. The van der Waals surface area contributed by atoms with Gasteiger partial charge in [-0.25, -0.2) is 0 Å². The van der Waals surface area contributed by atoms with Gasteiger partial charge in [0.1, 0.15) is 33.5 Å². The van der Waals surface area contributed by atoms with Crippen molar-refractivity contribution in [2.75, 3.05) is 31.4 Å². The summed E-state index contributed by atoms with van der Waals surface area (Å²) < 4.78 is 17.5. The summed E-state index contributed by atoms with van der Waals surface area (Å²) >= 11 is 8.29. The highest BCUT2D eigenvalue weighted by Crippen LogP contribution is 2.52. The van der Waals surface area contributed by atoms with Crippen molar-refractivity contribution in [2.24, 2.45) is 5.92 Å². The van der Waals surface area contributed by atoms with Crippen LogP contribution in [-0.2, 0) is 30.5 Å². The predicted octanol–water partition coefficient (Wildman–Crippen LogP) is 1.60. The Hall–Kier alpha value is -3.80. The molecule has 0 aliphatic carbocycles. The molecule has 1 aromatic heterocycles. The lowest BCUT2D eigenvalue weighted by atomic mass is 10.0. The van der Waals surface area contributed by atoms with Crippen LogP contribution < -0.4 is 29.1 Å². The van der Waals surface area contributed by atoms with Crippen molar-refractivity contribution >= 4 is 91.9 Å². The number of fused-ring (bicyclic) bond motifs is 2. The van der Waals surface area contributed by atoms with Gasteiger partial charge in [0, 0.05) is 17.0 Å². The van der Waals surface area contributed by atoms with Crippen molar-refractivity contribution in [2.45, 2.75) is 32.2 Å². The van der Waals surface area contributed by atoms with Crippen LogP contribution in [0.4, 0.5) is 5.69 Å². The first-order valence-corrected chi connectivity index (χ1v) is 16.0. The molecule has 13 nitrogen and oxygen atoms in total. The Morgan fingerprint density at radius 1 is 1.05 bits per heavy atom. The number of carbonyl (C=O) groups is 4. The standard InChI is InChI=1S/C27H25N3O10S4/c1-4-38-21(35)10-28-14-6-15-16(40-11-39-15)7-17(14)42-25(28)13(12(2)3)5-18-23(36)29(8-19(31)32)26(43-18)22-24(37)30(9-20(33)34)27(41)44-22/h5-7,12H,4,8-11H2,1-3H3,(H,31,32)(H,33,34)/b18-5+,25-13-,26-22-. The molecule has 1 amide bonds. The molecule has 232 valence electrons. The molecule has 0 saturated carbocycles. The lowest BCUT2D eigenvalue weighted by Gasteiger charge is -2.23. The number of thioether (sulfide) groups is 2. The van der Waals surface area contributed by atoms with E-state index in [1.165, 1.54) is 11.8 Å². The van der Waals surface area contributed by atoms with Gasteiger partial charge in [0.05, 0.1) is 21.9 Å². The lowest BCUT2D eigenvalue weighted by molar-refractivity contribution is -0.141. The summed E-state index contributed by atoms with van der Waals surface area (Å²) in [5.41, 5.74) is 0.718. The minimum Gasteiger partial charge on any atom is -0.480 e. The van der Waals surface area contributed by atoms with Crippen molar-refractivity contribution in [3.05, 3.63) is 42.3 Å². The van der Waals surface area contributed by atoms with Gasteiger partial charge in [-0.05, 0) is 24.5 Å². The quantitative estimate of drug-likeness (QED) is 0.290. The third-order valence-corrected chi connectivity index (χ3v) is 10.4. The van der Waals surface area contributed by atoms with Crippen LogP contribution in [0.25, 0.3) is 11.0 Å². The number of benzene rings is 1. The predicted molar refractivity (Wildman–Crippen MR) is 167 cm³/mol. The number of allylic oxidation sites excluding steroid dienone is 1. The number of thiazole rings is 1. The first kappa shape index (κ1) is 31.6. The molecule has 4 heterocycles.